The van der Waals surface area contributed by atoms with Crippen LogP contribution in [0.2, 0.25) is 0 Å². The molecule has 0 amide bonds. The van der Waals surface area contributed by atoms with Crippen LogP contribution in [0.4, 0.5) is 4.39 Å². The molecule has 0 atom stereocenters. The van der Waals surface area contributed by atoms with Crippen LogP contribution in [-0.2, 0) is 0 Å². The molecule has 0 N–H and O–H groups in total. The summed E-state index contributed by atoms with van der Waals surface area (Å²) in [5, 5.41) is 8.54. The van der Waals surface area contributed by atoms with Gasteiger partial charge in [-0.3, -0.25) is 0 Å². The van der Waals surface area contributed by atoms with Crippen molar-refractivity contribution >= 4 is 28.2 Å². The lowest BCUT2D eigenvalue weighted by molar-refractivity contribution is 0.713. The highest BCUT2D eigenvalue weighted by Gasteiger charge is 2.00. The van der Waals surface area contributed by atoms with Crippen molar-refractivity contribution in [2.75, 3.05) is 0 Å². The van der Waals surface area contributed by atoms with Gasteiger partial charge in [0.1, 0.15) is 0 Å². The summed E-state index contributed by atoms with van der Waals surface area (Å²) in [5.41, 5.74) is 2.00. The zero-order valence-electron chi connectivity index (χ0n) is 7.01. The van der Waals surface area contributed by atoms with Crippen LogP contribution in [0.5, 0.6) is 0 Å². The Labute approximate surface area is 90.0 Å². The van der Waals surface area contributed by atoms with Gasteiger partial charge < -0.3 is 0 Å². The minimum Gasteiger partial charge on any atom is -0.200 e. The van der Waals surface area contributed by atoms with Gasteiger partial charge in [-0.1, -0.05) is 12.1 Å². The van der Waals surface area contributed by atoms with E-state index in [2.05, 4.69) is 0 Å². The summed E-state index contributed by atoms with van der Waals surface area (Å²) in [4.78, 5) is 0. The van der Waals surface area contributed by atoms with Gasteiger partial charge in [-0.2, -0.15) is 9.65 Å². The minimum absolute atomic E-state index is 0.220. The third-order valence-corrected chi connectivity index (χ3v) is 2.54. The molecule has 1 aromatic carbocycles. The Hall–Kier alpha value is -0.890. The van der Waals surface area contributed by atoms with E-state index >= 15 is 0 Å². The maximum atomic E-state index is 12.8. The van der Waals surface area contributed by atoms with Crippen molar-refractivity contribution in [1.29, 1.82) is 5.26 Å². The Morgan fingerprint density at radius 1 is 1.38 bits per heavy atom. The Kier molecular flexibility index (Phi) is 3.43. The van der Waals surface area contributed by atoms with Crippen LogP contribution in [0, 0.1) is 11.3 Å². The molecule has 0 unspecified atom stereocenters. The number of rotatable bonds is 1. The first kappa shape index (κ1) is 10.2. The Morgan fingerprint density at radius 3 is 2.31 bits per heavy atom. The van der Waals surface area contributed by atoms with Crippen LogP contribution in [0.3, 0.4) is 0 Å². The third kappa shape index (κ3) is 2.52. The predicted molar refractivity (Wildman–Crippen MR) is 58.9 cm³/mol. The van der Waals surface area contributed by atoms with E-state index in [9.17, 15) is 4.39 Å². The van der Waals surface area contributed by atoms with Crippen LogP contribution in [0.15, 0.2) is 28.1 Å². The molecule has 1 rings (SSSR count). The van der Waals surface area contributed by atoms with Crippen molar-refractivity contribution in [1.82, 2.24) is 0 Å². The van der Waals surface area contributed by atoms with Gasteiger partial charge in [-0.15, -0.1) is 0 Å². The average Bonchev–Trinajstić information content (AvgIpc) is 2.17. The summed E-state index contributed by atoms with van der Waals surface area (Å²) in [5.74, 6) is 0. The summed E-state index contributed by atoms with van der Waals surface area (Å²) in [7, 11) is 0. The summed E-state index contributed by atoms with van der Waals surface area (Å²) >= 11 is 1.64. The SMILES string of the molecule is C/C(=C(\F)I)c1ccc(C#N)cc1. The van der Waals surface area contributed by atoms with Gasteiger partial charge in [0.2, 0.25) is 0 Å². The lowest BCUT2D eigenvalue weighted by Crippen LogP contribution is -1.81. The average molecular weight is 287 g/mol. The van der Waals surface area contributed by atoms with E-state index < -0.39 is 0 Å². The minimum atomic E-state index is -0.220. The molecule has 13 heavy (non-hydrogen) atoms. The van der Waals surface area contributed by atoms with E-state index in [1.165, 1.54) is 0 Å². The number of hydrogen-bond donors (Lipinski definition) is 0. The highest BCUT2D eigenvalue weighted by Crippen LogP contribution is 2.23. The molecular formula is C10H7FIN. The molecule has 0 aliphatic carbocycles. The van der Waals surface area contributed by atoms with E-state index in [-0.39, 0.29) is 3.83 Å². The van der Waals surface area contributed by atoms with Gasteiger partial charge >= 0.3 is 0 Å². The van der Waals surface area contributed by atoms with Crippen molar-refractivity contribution in [2.45, 2.75) is 6.92 Å². The molecule has 0 bridgehead atoms. The monoisotopic (exact) mass is 287 g/mol. The number of hydrogen-bond acceptors (Lipinski definition) is 1. The van der Waals surface area contributed by atoms with Gasteiger partial charge in [-0.25, -0.2) is 0 Å². The van der Waals surface area contributed by atoms with Crippen molar-refractivity contribution in [3.05, 3.63) is 39.2 Å². The molecule has 3 heteroatoms. The Bertz CT molecular complexity index is 369. The zero-order valence-corrected chi connectivity index (χ0v) is 9.17. The fourth-order valence-corrected chi connectivity index (χ4v) is 1.22. The van der Waals surface area contributed by atoms with Crippen LogP contribution >= 0.6 is 22.6 Å². The molecule has 1 nitrogen and oxygen atoms in total. The van der Waals surface area contributed by atoms with Crippen molar-refractivity contribution in [3.63, 3.8) is 0 Å². The van der Waals surface area contributed by atoms with Crippen LogP contribution in [0.25, 0.3) is 5.57 Å². The molecule has 0 aliphatic heterocycles. The third-order valence-electron chi connectivity index (χ3n) is 1.73. The van der Waals surface area contributed by atoms with E-state index in [4.69, 9.17) is 5.26 Å². The molecule has 0 aliphatic rings. The molecule has 0 aromatic heterocycles. The molecule has 0 radical (unpaired) electrons. The number of halogens is 2. The quantitative estimate of drug-likeness (QED) is 0.723. The highest BCUT2D eigenvalue weighted by molar-refractivity contribution is 14.1. The standard InChI is InChI=1S/C10H7FIN/c1-7(10(11)12)9-4-2-8(6-13)3-5-9/h2-5H,1H3/b10-7-. The maximum absolute atomic E-state index is 12.8. The van der Waals surface area contributed by atoms with Gasteiger partial charge in [0.15, 0.2) is 3.83 Å². The number of nitrogens with zero attached hydrogens (tertiary/aromatic N) is 1. The maximum Gasteiger partial charge on any atom is 0.164 e. The van der Waals surface area contributed by atoms with E-state index in [0.29, 0.717) is 11.1 Å². The highest BCUT2D eigenvalue weighted by atomic mass is 127. The normalized spacial score (nSPS) is 11.8. The summed E-state index contributed by atoms with van der Waals surface area (Å²) in [6.45, 7) is 1.71. The van der Waals surface area contributed by atoms with Crippen molar-refractivity contribution in [2.24, 2.45) is 0 Å². The molecule has 0 fully saturated rings. The van der Waals surface area contributed by atoms with Crippen LogP contribution in [0.1, 0.15) is 18.1 Å². The first-order valence-electron chi connectivity index (χ1n) is 3.67. The Morgan fingerprint density at radius 2 is 1.92 bits per heavy atom. The van der Waals surface area contributed by atoms with Crippen LogP contribution < -0.4 is 0 Å². The smallest absolute Gasteiger partial charge is 0.164 e. The number of benzene rings is 1. The van der Waals surface area contributed by atoms with Gasteiger partial charge in [0, 0.05) is 0 Å². The van der Waals surface area contributed by atoms with E-state index in [1.54, 1.807) is 53.8 Å². The summed E-state index contributed by atoms with van der Waals surface area (Å²) in [6, 6.07) is 8.85. The topological polar surface area (TPSA) is 23.8 Å². The van der Waals surface area contributed by atoms with Gasteiger partial charge in [0.25, 0.3) is 0 Å². The molecule has 1 aromatic rings. The van der Waals surface area contributed by atoms with E-state index in [1.807, 2.05) is 6.07 Å². The molecule has 0 heterocycles. The fourth-order valence-electron chi connectivity index (χ4n) is 0.904. The summed E-state index contributed by atoms with van der Waals surface area (Å²) in [6.07, 6.45) is 0. The van der Waals surface area contributed by atoms with E-state index in [0.717, 1.165) is 5.56 Å². The number of allylic oxidation sites excluding steroid dienone is 1. The predicted octanol–water partition coefficient (Wildman–Crippen LogP) is 3.65. The largest absolute Gasteiger partial charge is 0.200 e. The fraction of sp³-hybridized carbons (Fsp3) is 0.100. The van der Waals surface area contributed by atoms with Gasteiger partial charge in [0.05, 0.1) is 11.6 Å². The second-order valence-electron chi connectivity index (χ2n) is 2.57. The number of nitriles is 1. The van der Waals surface area contributed by atoms with Crippen molar-refractivity contribution < 1.29 is 4.39 Å². The lowest BCUT2D eigenvalue weighted by Gasteiger charge is -2.00. The van der Waals surface area contributed by atoms with Gasteiger partial charge in [-0.05, 0) is 52.8 Å². The molecule has 66 valence electrons. The first-order valence-corrected chi connectivity index (χ1v) is 4.75. The van der Waals surface area contributed by atoms with Crippen molar-refractivity contribution in [3.8, 4) is 6.07 Å². The van der Waals surface area contributed by atoms with Crippen LogP contribution in [-0.4, -0.2) is 0 Å². The molecule has 0 saturated heterocycles. The zero-order chi connectivity index (χ0) is 9.84. The second-order valence-corrected chi connectivity index (χ2v) is 3.52. The molecule has 0 spiro atoms. The molecule has 0 saturated carbocycles. The Balaban J connectivity index is 3.08. The molecular weight excluding hydrogens is 280 g/mol. The second kappa shape index (κ2) is 4.38. The lowest BCUT2D eigenvalue weighted by atomic mass is 10.1. The first-order chi connectivity index (χ1) is 6.15. The summed E-state index contributed by atoms with van der Waals surface area (Å²) < 4.78 is 12.5.